The van der Waals surface area contributed by atoms with Crippen LogP contribution in [0.5, 0.6) is 0 Å². The Bertz CT molecular complexity index is 561. The van der Waals surface area contributed by atoms with Crippen molar-refractivity contribution < 1.29 is 4.79 Å². The highest BCUT2D eigenvalue weighted by Gasteiger charge is 2.27. The van der Waals surface area contributed by atoms with Crippen molar-refractivity contribution in [3.05, 3.63) is 23.8 Å². The monoisotopic (exact) mass is 290 g/mol. The summed E-state index contributed by atoms with van der Waals surface area (Å²) in [6, 6.07) is 3.77. The van der Waals surface area contributed by atoms with Gasteiger partial charge in [0, 0.05) is 19.3 Å². The van der Waals surface area contributed by atoms with E-state index in [1.807, 2.05) is 12.1 Å². The Morgan fingerprint density at radius 2 is 2.35 bits per heavy atom. The second-order valence-electron chi connectivity index (χ2n) is 4.60. The summed E-state index contributed by atoms with van der Waals surface area (Å²) in [5, 5.41) is 18.9. The number of anilines is 2. The number of hydrogen-bond donors (Lipinski definition) is 1. The van der Waals surface area contributed by atoms with Gasteiger partial charge < -0.3 is 10.2 Å². The lowest BCUT2D eigenvalue weighted by Crippen LogP contribution is -2.41. The molecule has 20 heavy (non-hydrogen) atoms. The summed E-state index contributed by atoms with van der Waals surface area (Å²) < 4.78 is 0. The summed E-state index contributed by atoms with van der Waals surface area (Å²) in [6.07, 6.45) is 3.49. The minimum atomic E-state index is -0.0605. The molecule has 3 rings (SSSR count). The molecule has 0 radical (unpaired) electrons. The Labute approximate surface area is 120 Å². The van der Waals surface area contributed by atoms with E-state index in [1.54, 1.807) is 11.7 Å². The maximum atomic E-state index is 12.2. The number of piperidine rings is 1. The lowest BCUT2D eigenvalue weighted by molar-refractivity contribution is -0.120. The minimum absolute atomic E-state index is 0.00431. The van der Waals surface area contributed by atoms with Gasteiger partial charge in [-0.1, -0.05) is 11.3 Å². The average Bonchev–Trinajstić information content (AvgIpc) is 3.01. The van der Waals surface area contributed by atoms with Crippen LogP contribution in [0.3, 0.4) is 0 Å². The molecule has 8 heteroatoms. The fourth-order valence-electron chi connectivity index (χ4n) is 2.30. The van der Waals surface area contributed by atoms with E-state index in [2.05, 4.69) is 30.6 Å². The third-order valence-electron chi connectivity index (χ3n) is 3.26. The van der Waals surface area contributed by atoms with Crippen molar-refractivity contribution in [1.82, 2.24) is 20.4 Å². The quantitative estimate of drug-likeness (QED) is 0.914. The predicted molar refractivity (Wildman–Crippen MR) is 75.5 cm³/mol. The largest absolute Gasteiger partial charge is 0.354 e. The summed E-state index contributed by atoms with van der Waals surface area (Å²) in [4.78, 5) is 14.3. The van der Waals surface area contributed by atoms with Crippen LogP contribution in [0.2, 0.25) is 0 Å². The zero-order chi connectivity index (χ0) is 13.8. The second kappa shape index (κ2) is 5.91. The molecule has 1 aliphatic heterocycles. The zero-order valence-electron chi connectivity index (χ0n) is 10.8. The molecule has 2 aromatic heterocycles. The molecule has 1 atom stereocenters. The molecule has 0 spiro atoms. The van der Waals surface area contributed by atoms with Crippen LogP contribution in [0, 0.1) is 5.92 Å². The first-order chi connectivity index (χ1) is 9.83. The van der Waals surface area contributed by atoms with Crippen molar-refractivity contribution in [3.8, 4) is 0 Å². The van der Waals surface area contributed by atoms with Crippen LogP contribution in [0.15, 0.2) is 23.8 Å². The maximum Gasteiger partial charge on any atom is 0.231 e. The van der Waals surface area contributed by atoms with Gasteiger partial charge in [-0.15, -0.1) is 15.3 Å². The third kappa shape index (κ3) is 2.90. The standard InChI is InChI=1S/C12H14N6OS/c19-11(15-12-17-14-8-20-12)9-3-2-6-18(7-9)10-4-1-5-13-16-10/h1,4-5,8-9H,2-3,6-7H2,(H,15,17,19)/t9-/m1/s1. The second-order valence-corrected chi connectivity index (χ2v) is 5.43. The number of carbonyl (C=O) groups is 1. The first-order valence-electron chi connectivity index (χ1n) is 6.42. The van der Waals surface area contributed by atoms with Crippen molar-refractivity contribution in [3.63, 3.8) is 0 Å². The molecule has 3 heterocycles. The summed E-state index contributed by atoms with van der Waals surface area (Å²) in [5.41, 5.74) is 1.60. The number of rotatable bonds is 3. The first kappa shape index (κ1) is 12.9. The van der Waals surface area contributed by atoms with Gasteiger partial charge in [0.1, 0.15) is 5.51 Å². The molecule has 0 bridgehead atoms. The summed E-state index contributed by atoms with van der Waals surface area (Å²) in [6.45, 7) is 1.56. The van der Waals surface area contributed by atoms with Gasteiger partial charge in [0.25, 0.3) is 0 Å². The smallest absolute Gasteiger partial charge is 0.231 e. The fourth-order valence-corrected chi connectivity index (χ4v) is 2.74. The Kier molecular flexibility index (Phi) is 3.82. The molecule has 1 N–H and O–H groups in total. The summed E-state index contributed by atoms with van der Waals surface area (Å²) in [7, 11) is 0. The van der Waals surface area contributed by atoms with Crippen molar-refractivity contribution in [2.75, 3.05) is 23.3 Å². The summed E-state index contributed by atoms with van der Waals surface area (Å²) >= 11 is 1.32. The Hall–Kier alpha value is -2.09. The minimum Gasteiger partial charge on any atom is -0.354 e. The molecule has 104 valence electrons. The Balaban J connectivity index is 1.64. The molecular weight excluding hydrogens is 276 g/mol. The lowest BCUT2D eigenvalue weighted by atomic mass is 9.97. The van der Waals surface area contributed by atoms with Gasteiger partial charge >= 0.3 is 0 Å². The first-order valence-corrected chi connectivity index (χ1v) is 7.30. The van der Waals surface area contributed by atoms with E-state index < -0.39 is 0 Å². The average molecular weight is 290 g/mol. The highest BCUT2D eigenvalue weighted by Crippen LogP contribution is 2.22. The normalized spacial score (nSPS) is 18.8. The van der Waals surface area contributed by atoms with Gasteiger partial charge in [-0.25, -0.2) is 0 Å². The zero-order valence-corrected chi connectivity index (χ0v) is 11.6. The van der Waals surface area contributed by atoms with Crippen LogP contribution in [0.25, 0.3) is 0 Å². The van der Waals surface area contributed by atoms with Gasteiger partial charge in [-0.3, -0.25) is 4.79 Å². The molecule has 1 saturated heterocycles. The molecule has 0 unspecified atom stereocenters. The number of carbonyl (C=O) groups excluding carboxylic acids is 1. The number of nitrogens with one attached hydrogen (secondary N) is 1. The van der Waals surface area contributed by atoms with E-state index in [0.717, 1.165) is 25.2 Å². The van der Waals surface area contributed by atoms with Crippen molar-refractivity contribution in [2.24, 2.45) is 5.92 Å². The van der Waals surface area contributed by atoms with Gasteiger partial charge in [-0.05, 0) is 25.0 Å². The van der Waals surface area contributed by atoms with Crippen LogP contribution < -0.4 is 10.2 Å². The molecule has 1 aliphatic rings. The molecule has 0 aliphatic carbocycles. The van der Waals surface area contributed by atoms with Crippen LogP contribution in [0.4, 0.5) is 10.9 Å². The number of amides is 1. The number of aromatic nitrogens is 4. The third-order valence-corrected chi connectivity index (χ3v) is 3.87. The van der Waals surface area contributed by atoms with Crippen LogP contribution >= 0.6 is 11.3 Å². The highest BCUT2D eigenvalue weighted by molar-refractivity contribution is 7.13. The van der Waals surface area contributed by atoms with Crippen LogP contribution in [0.1, 0.15) is 12.8 Å². The Morgan fingerprint density at radius 1 is 1.40 bits per heavy atom. The van der Waals surface area contributed by atoms with Crippen LogP contribution in [-0.2, 0) is 4.79 Å². The molecule has 0 aromatic carbocycles. The fraction of sp³-hybridized carbons (Fsp3) is 0.417. The molecule has 2 aromatic rings. The summed E-state index contributed by atoms with van der Waals surface area (Å²) in [5.74, 6) is 0.755. The van der Waals surface area contributed by atoms with E-state index in [0.29, 0.717) is 11.7 Å². The van der Waals surface area contributed by atoms with Gasteiger partial charge in [0.2, 0.25) is 11.0 Å². The molecular formula is C12H14N6OS. The van der Waals surface area contributed by atoms with Crippen molar-refractivity contribution >= 4 is 28.2 Å². The van der Waals surface area contributed by atoms with Crippen molar-refractivity contribution in [1.29, 1.82) is 0 Å². The molecule has 1 fully saturated rings. The number of nitrogens with zero attached hydrogens (tertiary/aromatic N) is 5. The maximum absolute atomic E-state index is 12.2. The molecule has 1 amide bonds. The molecule has 0 saturated carbocycles. The highest BCUT2D eigenvalue weighted by atomic mass is 32.1. The van der Waals surface area contributed by atoms with E-state index in [9.17, 15) is 4.79 Å². The van der Waals surface area contributed by atoms with E-state index in [1.165, 1.54) is 11.3 Å². The van der Waals surface area contributed by atoms with E-state index >= 15 is 0 Å². The predicted octanol–water partition coefficient (Wildman–Crippen LogP) is 1.18. The lowest BCUT2D eigenvalue weighted by Gasteiger charge is -2.32. The molecule has 7 nitrogen and oxygen atoms in total. The van der Waals surface area contributed by atoms with Crippen LogP contribution in [-0.4, -0.2) is 39.4 Å². The van der Waals surface area contributed by atoms with E-state index in [-0.39, 0.29) is 11.8 Å². The van der Waals surface area contributed by atoms with Gasteiger partial charge in [-0.2, -0.15) is 5.10 Å². The topological polar surface area (TPSA) is 83.9 Å². The van der Waals surface area contributed by atoms with Crippen molar-refractivity contribution in [2.45, 2.75) is 12.8 Å². The SMILES string of the molecule is O=C(Nc1nncs1)[C@@H]1CCCN(c2cccnn2)C1. The van der Waals surface area contributed by atoms with Gasteiger partial charge in [0.05, 0.1) is 5.92 Å². The van der Waals surface area contributed by atoms with E-state index in [4.69, 9.17) is 0 Å². The number of hydrogen-bond acceptors (Lipinski definition) is 7. The van der Waals surface area contributed by atoms with Gasteiger partial charge in [0.15, 0.2) is 5.82 Å². The Morgan fingerprint density at radius 3 is 3.10 bits per heavy atom.